The molecule has 27 heavy (non-hydrogen) atoms. The fourth-order valence-electron chi connectivity index (χ4n) is 2.86. The van der Waals surface area contributed by atoms with E-state index in [0.29, 0.717) is 39.1 Å². The van der Waals surface area contributed by atoms with Gasteiger partial charge in [0.15, 0.2) is 17.3 Å². The van der Waals surface area contributed by atoms with Crippen LogP contribution in [-0.4, -0.2) is 27.8 Å². The van der Waals surface area contributed by atoms with Gasteiger partial charge in [0.1, 0.15) is 4.90 Å². The Morgan fingerprint density at radius 3 is 2.33 bits per heavy atom. The highest BCUT2D eigenvalue weighted by atomic mass is 32.2. The second-order valence-corrected chi connectivity index (χ2v) is 8.97. The lowest BCUT2D eigenvalue weighted by molar-refractivity contribution is 0.355. The number of benzene rings is 1. The zero-order valence-electron chi connectivity index (χ0n) is 15.6. The highest BCUT2D eigenvalue weighted by molar-refractivity contribution is 7.93. The number of sulfonamides is 1. The molecule has 0 aliphatic carbocycles. The van der Waals surface area contributed by atoms with Crippen LogP contribution in [0.5, 0.6) is 11.5 Å². The molecule has 0 atom stereocenters. The van der Waals surface area contributed by atoms with E-state index in [1.807, 2.05) is 6.92 Å². The molecule has 144 valence electrons. The first kappa shape index (κ1) is 19.2. The summed E-state index contributed by atoms with van der Waals surface area (Å²) in [6, 6.07) is 6.56. The third kappa shape index (κ3) is 3.65. The Morgan fingerprint density at radius 1 is 1.04 bits per heavy atom. The average molecular weight is 409 g/mol. The van der Waals surface area contributed by atoms with Crippen molar-refractivity contribution in [2.24, 2.45) is 0 Å². The van der Waals surface area contributed by atoms with E-state index in [1.165, 1.54) is 25.6 Å². The average Bonchev–Trinajstić information content (AvgIpc) is 3.16. The van der Waals surface area contributed by atoms with E-state index in [0.717, 1.165) is 4.88 Å². The molecule has 3 aromatic rings. The summed E-state index contributed by atoms with van der Waals surface area (Å²) in [5, 5.41) is 3.88. The molecule has 0 saturated carbocycles. The summed E-state index contributed by atoms with van der Waals surface area (Å²) in [5.41, 5.74) is 1.59. The molecule has 3 rings (SSSR count). The fraction of sp³-hybridized carbons (Fsp3) is 0.278. The third-order valence-electron chi connectivity index (χ3n) is 3.98. The van der Waals surface area contributed by atoms with E-state index in [1.54, 1.807) is 38.1 Å². The number of methoxy groups -OCH3 is 2. The molecule has 0 unspecified atom stereocenters. The maximum atomic E-state index is 13.2. The van der Waals surface area contributed by atoms with Crippen LogP contribution in [0.25, 0.3) is 11.3 Å². The summed E-state index contributed by atoms with van der Waals surface area (Å²) in [4.78, 5) is 1.71. The SMILES string of the molecule is COc1ccc(NS(=O)(=O)c2c(C)sc(C)c2-c2cc(C)no2)cc1OC. The van der Waals surface area contributed by atoms with Crippen LogP contribution in [-0.2, 0) is 10.0 Å². The van der Waals surface area contributed by atoms with E-state index in [-0.39, 0.29) is 4.90 Å². The van der Waals surface area contributed by atoms with Crippen molar-refractivity contribution in [2.75, 3.05) is 18.9 Å². The first-order valence-electron chi connectivity index (χ1n) is 8.05. The van der Waals surface area contributed by atoms with E-state index in [4.69, 9.17) is 14.0 Å². The van der Waals surface area contributed by atoms with Crippen LogP contribution in [0.3, 0.4) is 0 Å². The number of ether oxygens (including phenoxy) is 2. The number of hydrogen-bond donors (Lipinski definition) is 1. The van der Waals surface area contributed by atoms with Crippen LogP contribution in [0.1, 0.15) is 15.4 Å². The monoisotopic (exact) mass is 408 g/mol. The van der Waals surface area contributed by atoms with Gasteiger partial charge >= 0.3 is 0 Å². The maximum Gasteiger partial charge on any atom is 0.263 e. The van der Waals surface area contributed by atoms with Crippen LogP contribution in [0.4, 0.5) is 5.69 Å². The Kier molecular flexibility index (Phi) is 5.16. The van der Waals surface area contributed by atoms with Gasteiger partial charge < -0.3 is 14.0 Å². The van der Waals surface area contributed by atoms with Gasteiger partial charge in [-0.2, -0.15) is 0 Å². The second-order valence-electron chi connectivity index (χ2n) is 5.93. The summed E-state index contributed by atoms with van der Waals surface area (Å²) >= 11 is 1.40. The maximum absolute atomic E-state index is 13.2. The third-order valence-corrected chi connectivity index (χ3v) is 6.69. The Bertz CT molecular complexity index is 1080. The predicted molar refractivity (Wildman–Crippen MR) is 104 cm³/mol. The molecule has 2 heterocycles. The zero-order valence-corrected chi connectivity index (χ0v) is 17.2. The minimum Gasteiger partial charge on any atom is -0.493 e. The number of thiophene rings is 1. The van der Waals surface area contributed by atoms with E-state index in [2.05, 4.69) is 9.88 Å². The van der Waals surface area contributed by atoms with Crippen LogP contribution in [0, 0.1) is 20.8 Å². The minimum atomic E-state index is -3.86. The highest BCUT2D eigenvalue weighted by Gasteiger charge is 2.28. The number of rotatable bonds is 6. The Hall–Kier alpha value is -2.52. The van der Waals surface area contributed by atoms with Gasteiger partial charge in [0.25, 0.3) is 10.0 Å². The molecule has 0 amide bonds. The van der Waals surface area contributed by atoms with E-state index >= 15 is 0 Å². The number of nitrogens with one attached hydrogen (secondary N) is 1. The van der Waals surface area contributed by atoms with Gasteiger partial charge in [-0.05, 0) is 32.9 Å². The molecule has 7 nitrogen and oxygen atoms in total. The molecule has 9 heteroatoms. The quantitative estimate of drug-likeness (QED) is 0.659. The lowest BCUT2D eigenvalue weighted by atomic mass is 10.2. The predicted octanol–water partition coefficient (Wildman–Crippen LogP) is 4.15. The first-order chi connectivity index (χ1) is 12.8. The van der Waals surface area contributed by atoms with Crippen molar-refractivity contribution in [2.45, 2.75) is 25.7 Å². The Balaban J connectivity index is 2.06. The lowest BCUT2D eigenvalue weighted by Gasteiger charge is -2.12. The van der Waals surface area contributed by atoms with Crippen molar-refractivity contribution >= 4 is 27.0 Å². The largest absolute Gasteiger partial charge is 0.493 e. The molecule has 0 bridgehead atoms. The van der Waals surface area contributed by atoms with E-state index < -0.39 is 10.0 Å². The lowest BCUT2D eigenvalue weighted by Crippen LogP contribution is -2.14. The number of aryl methyl sites for hydroxylation is 3. The van der Waals surface area contributed by atoms with Gasteiger partial charge in [-0.1, -0.05) is 5.16 Å². The molecule has 1 N–H and O–H groups in total. The standard InChI is InChI=1S/C18H20N2O5S2/c1-10-8-16(25-19-10)17-11(2)26-12(3)18(17)27(21,22)20-13-6-7-14(23-4)15(9-13)24-5/h6-9,20H,1-5H3. The molecule has 0 aliphatic heterocycles. The summed E-state index contributed by atoms with van der Waals surface area (Å²) in [6.45, 7) is 5.42. The first-order valence-corrected chi connectivity index (χ1v) is 10.3. The summed E-state index contributed by atoms with van der Waals surface area (Å²) < 4.78 is 44.7. The number of anilines is 1. The second kappa shape index (κ2) is 7.24. The topological polar surface area (TPSA) is 90.7 Å². The smallest absolute Gasteiger partial charge is 0.263 e. The molecule has 0 spiro atoms. The van der Waals surface area contributed by atoms with Crippen molar-refractivity contribution in [3.63, 3.8) is 0 Å². The molecule has 0 saturated heterocycles. The van der Waals surface area contributed by atoms with Crippen molar-refractivity contribution in [3.8, 4) is 22.8 Å². The Labute approximate surface area is 162 Å². The van der Waals surface area contributed by atoms with Crippen LogP contribution < -0.4 is 14.2 Å². The number of aromatic nitrogens is 1. The minimum absolute atomic E-state index is 0.191. The molecule has 1 aromatic carbocycles. The van der Waals surface area contributed by atoms with Crippen molar-refractivity contribution in [1.82, 2.24) is 5.16 Å². The van der Waals surface area contributed by atoms with Gasteiger partial charge in [-0.3, -0.25) is 4.72 Å². The van der Waals surface area contributed by atoms with Gasteiger partial charge in [0.05, 0.1) is 31.2 Å². The molecule has 2 aromatic heterocycles. The molecule has 0 fully saturated rings. The normalized spacial score (nSPS) is 11.4. The van der Waals surface area contributed by atoms with Crippen molar-refractivity contribution in [1.29, 1.82) is 0 Å². The van der Waals surface area contributed by atoms with Crippen LogP contribution in [0.2, 0.25) is 0 Å². The van der Waals surface area contributed by atoms with Gasteiger partial charge in [0, 0.05) is 21.9 Å². The number of nitrogens with zero attached hydrogens (tertiary/aromatic N) is 1. The van der Waals surface area contributed by atoms with E-state index in [9.17, 15) is 8.42 Å². The molecular formula is C18H20N2O5S2. The van der Waals surface area contributed by atoms with Crippen molar-refractivity contribution in [3.05, 3.63) is 39.7 Å². The van der Waals surface area contributed by atoms with Gasteiger partial charge in [0.2, 0.25) is 0 Å². The van der Waals surface area contributed by atoms with Gasteiger partial charge in [-0.25, -0.2) is 8.42 Å². The highest BCUT2D eigenvalue weighted by Crippen LogP contribution is 2.40. The van der Waals surface area contributed by atoms with Crippen LogP contribution >= 0.6 is 11.3 Å². The summed E-state index contributed by atoms with van der Waals surface area (Å²) in [7, 11) is -0.849. The fourth-order valence-corrected chi connectivity index (χ4v) is 5.78. The zero-order chi connectivity index (χ0) is 19.8. The van der Waals surface area contributed by atoms with Gasteiger partial charge in [-0.15, -0.1) is 11.3 Å². The molecule has 0 aliphatic rings. The molecular weight excluding hydrogens is 388 g/mol. The Morgan fingerprint density at radius 2 is 1.74 bits per heavy atom. The summed E-state index contributed by atoms with van der Waals surface area (Å²) in [6.07, 6.45) is 0. The van der Waals surface area contributed by atoms with Crippen molar-refractivity contribution < 1.29 is 22.4 Å². The number of hydrogen-bond acceptors (Lipinski definition) is 7. The molecule has 0 radical (unpaired) electrons. The van der Waals surface area contributed by atoms with Crippen LogP contribution in [0.15, 0.2) is 33.7 Å². The summed E-state index contributed by atoms with van der Waals surface area (Å²) in [5.74, 6) is 1.38.